The van der Waals surface area contributed by atoms with E-state index in [4.69, 9.17) is 19.5 Å². The predicted octanol–water partition coefficient (Wildman–Crippen LogP) is 0.764. The molecule has 0 saturated carbocycles. The standard InChI is InChI=1S/C11H15BO4.2H2/c13-12(14)9-4-6-10(7-5-9)16-11-3-1-2-8-15-11;;/h4-7,11,13-14H,1-3,8H2;2*1H. The lowest BCUT2D eigenvalue weighted by Gasteiger charge is -2.23. The van der Waals surface area contributed by atoms with E-state index >= 15 is 0 Å². The molecule has 0 radical (unpaired) electrons. The van der Waals surface area contributed by atoms with Crippen molar-refractivity contribution in [3.05, 3.63) is 24.3 Å². The van der Waals surface area contributed by atoms with Crippen molar-refractivity contribution in [3.8, 4) is 5.75 Å². The molecule has 0 aliphatic carbocycles. The van der Waals surface area contributed by atoms with Gasteiger partial charge in [-0.1, -0.05) is 12.1 Å². The SMILES string of the molecule is OB(O)c1ccc(OC2CCCCO2)cc1.[HH].[HH]. The summed E-state index contributed by atoms with van der Waals surface area (Å²) in [5, 5.41) is 17.9. The first-order chi connectivity index (χ1) is 7.75. The summed E-state index contributed by atoms with van der Waals surface area (Å²) >= 11 is 0. The summed E-state index contributed by atoms with van der Waals surface area (Å²) in [5.41, 5.74) is 0.455. The zero-order valence-corrected chi connectivity index (χ0v) is 9.00. The summed E-state index contributed by atoms with van der Waals surface area (Å²) in [5.74, 6) is 0.691. The molecule has 0 spiro atoms. The van der Waals surface area contributed by atoms with E-state index in [1.165, 1.54) is 0 Å². The molecule has 2 rings (SSSR count). The molecule has 1 fully saturated rings. The van der Waals surface area contributed by atoms with Gasteiger partial charge < -0.3 is 19.5 Å². The van der Waals surface area contributed by atoms with Gasteiger partial charge in [0, 0.05) is 9.27 Å². The van der Waals surface area contributed by atoms with Crippen molar-refractivity contribution in [1.82, 2.24) is 0 Å². The van der Waals surface area contributed by atoms with Crippen LogP contribution in [0.5, 0.6) is 5.75 Å². The van der Waals surface area contributed by atoms with Crippen LogP contribution in [0, 0.1) is 0 Å². The van der Waals surface area contributed by atoms with Crippen LogP contribution in [0.1, 0.15) is 22.1 Å². The summed E-state index contributed by atoms with van der Waals surface area (Å²) < 4.78 is 11.0. The highest BCUT2D eigenvalue weighted by atomic mass is 16.7. The quantitative estimate of drug-likeness (QED) is 0.747. The van der Waals surface area contributed by atoms with E-state index in [2.05, 4.69) is 0 Å². The smallest absolute Gasteiger partial charge is 0.465 e. The average molecular weight is 226 g/mol. The fourth-order valence-corrected chi connectivity index (χ4v) is 1.67. The second-order valence-corrected chi connectivity index (χ2v) is 3.86. The molecule has 0 amide bonds. The Morgan fingerprint density at radius 2 is 2.00 bits per heavy atom. The summed E-state index contributed by atoms with van der Waals surface area (Å²) in [6.45, 7) is 0.748. The molecule has 1 aliphatic rings. The van der Waals surface area contributed by atoms with Crippen LogP contribution in [0.4, 0.5) is 0 Å². The molecule has 2 N–H and O–H groups in total. The lowest BCUT2D eigenvalue weighted by molar-refractivity contribution is -0.105. The van der Waals surface area contributed by atoms with Crippen molar-refractivity contribution in [1.29, 1.82) is 0 Å². The van der Waals surface area contributed by atoms with Crippen molar-refractivity contribution < 1.29 is 22.4 Å². The largest absolute Gasteiger partial charge is 0.488 e. The maximum absolute atomic E-state index is 8.93. The van der Waals surface area contributed by atoms with Gasteiger partial charge in [-0.3, -0.25) is 0 Å². The lowest BCUT2D eigenvalue weighted by Crippen LogP contribution is -2.29. The van der Waals surface area contributed by atoms with Gasteiger partial charge in [-0.15, -0.1) is 0 Å². The second kappa shape index (κ2) is 5.34. The van der Waals surface area contributed by atoms with Crippen LogP contribution in [0.25, 0.3) is 0 Å². The Bertz CT molecular complexity index is 328. The minimum Gasteiger partial charge on any atom is -0.465 e. The molecule has 5 heteroatoms. The molecule has 1 atom stereocenters. The van der Waals surface area contributed by atoms with E-state index in [-0.39, 0.29) is 9.14 Å². The first-order valence-corrected chi connectivity index (χ1v) is 5.50. The summed E-state index contributed by atoms with van der Waals surface area (Å²) in [7, 11) is -1.43. The second-order valence-electron chi connectivity index (χ2n) is 3.86. The third kappa shape index (κ3) is 2.98. The van der Waals surface area contributed by atoms with Gasteiger partial charge in [-0.05, 0) is 30.4 Å². The molecule has 4 nitrogen and oxygen atoms in total. The molecule has 1 aromatic carbocycles. The topological polar surface area (TPSA) is 58.9 Å². The van der Waals surface area contributed by atoms with E-state index in [1.54, 1.807) is 24.3 Å². The predicted molar refractivity (Wildman–Crippen MR) is 64.7 cm³/mol. The molecule has 1 aliphatic heterocycles. The van der Waals surface area contributed by atoms with Gasteiger partial charge in [0.1, 0.15) is 5.75 Å². The zero-order chi connectivity index (χ0) is 11.4. The molecule has 90 valence electrons. The maximum atomic E-state index is 8.93. The maximum Gasteiger partial charge on any atom is 0.488 e. The lowest BCUT2D eigenvalue weighted by atomic mass is 9.80. The van der Waals surface area contributed by atoms with Crippen molar-refractivity contribution >= 4 is 12.6 Å². The van der Waals surface area contributed by atoms with Gasteiger partial charge in [0.25, 0.3) is 0 Å². The fourth-order valence-electron chi connectivity index (χ4n) is 1.67. The number of hydrogen-bond acceptors (Lipinski definition) is 4. The zero-order valence-electron chi connectivity index (χ0n) is 9.00. The Kier molecular flexibility index (Phi) is 3.82. The van der Waals surface area contributed by atoms with Gasteiger partial charge in [0.2, 0.25) is 0 Å². The highest BCUT2D eigenvalue weighted by Crippen LogP contribution is 2.18. The molecule has 1 saturated heterocycles. The molecule has 0 bridgehead atoms. The number of benzene rings is 1. The third-order valence-corrected chi connectivity index (χ3v) is 2.58. The Balaban J connectivity index is 0.00000144. The van der Waals surface area contributed by atoms with Gasteiger partial charge in [-0.25, -0.2) is 0 Å². The van der Waals surface area contributed by atoms with E-state index in [0.717, 1.165) is 25.9 Å². The van der Waals surface area contributed by atoms with Gasteiger partial charge >= 0.3 is 7.12 Å². The summed E-state index contributed by atoms with van der Waals surface area (Å²) in [6, 6.07) is 6.69. The molecule has 1 unspecified atom stereocenters. The highest BCUT2D eigenvalue weighted by Gasteiger charge is 2.16. The number of ether oxygens (including phenoxy) is 2. The first-order valence-electron chi connectivity index (χ1n) is 5.50. The number of hydrogen-bond donors (Lipinski definition) is 2. The van der Waals surface area contributed by atoms with Crippen molar-refractivity contribution in [2.24, 2.45) is 0 Å². The monoisotopic (exact) mass is 226 g/mol. The minimum atomic E-state index is -1.43. The van der Waals surface area contributed by atoms with Gasteiger partial charge in [-0.2, -0.15) is 0 Å². The Labute approximate surface area is 97.9 Å². The van der Waals surface area contributed by atoms with E-state index in [0.29, 0.717) is 11.2 Å². The van der Waals surface area contributed by atoms with Crippen LogP contribution in [-0.2, 0) is 4.74 Å². The third-order valence-electron chi connectivity index (χ3n) is 2.58. The molecule has 1 heterocycles. The Morgan fingerprint density at radius 1 is 1.25 bits per heavy atom. The van der Waals surface area contributed by atoms with Crippen molar-refractivity contribution in [3.63, 3.8) is 0 Å². The van der Waals surface area contributed by atoms with Gasteiger partial charge in [0.05, 0.1) is 6.61 Å². The minimum absolute atomic E-state index is 0. The van der Waals surface area contributed by atoms with Crippen LogP contribution in [0.3, 0.4) is 0 Å². The van der Waals surface area contributed by atoms with E-state index in [9.17, 15) is 0 Å². The molecular formula is C11H19BO4. The molecular weight excluding hydrogens is 207 g/mol. The Morgan fingerprint density at radius 3 is 2.56 bits per heavy atom. The van der Waals surface area contributed by atoms with Crippen LogP contribution < -0.4 is 10.2 Å². The van der Waals surface area contributed by atoms with Crippen LogP contribution in [0.2, 0.25) is 0 Å². The van der Waals surface area contributed by atoms with E-state index < -0.39 is 7.12 Å². The number of rotatable bonds is 3. The average Bonchev–Trinajstić information content (AvgIpc) is 2.31. The first kappa shape index (κ1) is 11.5. The summed E-state index contributed by atoms with van der Waals surface area (Å²) in [6.07, 6.45) is 2.96. The van der Waals surface area contributed by atoms with E-state index in [1.807, 2.05) is 0 Å². The highest BCUT2D eigenvalue weighted by molar-refractivity contribution is 6.58. The van der Waals surface area contributed by atoms with Crippen LogP contribution in [0.15, 0.2) is 24.3 Å². The molecule has 0 aromatic heterocycles. The normalized spacial score (nSPS) is 20.5. The van der Waals surface area contributed by atoms with Gasteiger partial charge in [0.15, 0.2) is 6.29 Å². The Hall–Kier alpha value is -1.04. The van der Waals surface area contributed by atoms with Crippen molar-refractivity contribution in [2.75, 3.05) is 6.61 Å². The molecule has 1 aromatic rings. The van der Waals surface area contributed by atoms with Crippen LogP contribution in [-0.4, -0.2) is 30.1 Å². The van der Waals surface area contributed by atoms with Crippen LogP contribution >= 0.6 is 0 Å². The van der Waals surface area contributed by atoms with Crippen molar-refractivity contribution in [2.45, 2.75) is 25.6 Å². The summed E-state index contributed by atoms with van der Waals surface area (Å²) in [4.78, 5) is 0. The molecule has 16 heavy (non-hydrogen) atoms. The fraction of sp³-hybridized carbons (Fsp3) is 0.455.